The van der Waals surface area contributed by atoms with Gasteiger partial charge in [-0.3, -0.25) is 0 Å². The van der Waals surface area contributed by atoms with Crippen molar-refractivity contribution in [3.05, 3.63) is 188 Å². The molecule has 10 aromatic rings. The van der Waals surface area contributed by atoms with Crippen LogP contribution in [0.1, 0.15) is 0 Å². The van der Waals surface area contributed by atoms with Crippen molar-refractivity contribution in [2.45, 2.75) is 0 Å². The number of hydrogen-bond acceptors (Lipinski definition) is 1. The van der Waals surface area contributed by atoms with E-state index in [2.05, 4.69) is 180 Å². The van der Waals surface area contributed by atoms with E-state index >= 15 is 0 Å². The molecule has 0 saturated carbocycles. The van der Waals surface area contributed by atoms with Crippen LogP contribution in [-0.2, 0) is 0 Å². The lowest BCUT2D eigenvalue weighted by Gasteiger charge is -2.11. The first-order valence-electron chi connectivity index (χ1n) is 17.1. The Balaban J connectivity index is 1.06. The Kier molecular flexibility index (Phi) is 6.53. The molecule has 0 bridgehead atoms. The highest BCUT2D eigenvalue weighted by Crippen LogP contribution is 2.38. The van der Waals surface area contributed by atoms with E-state index in [4.69, 9.17) is 4.42 Å². The molecule has 0 amide bonds. The Morgan fingerprint density at radius 1 is 0.280 bits per heavy atom. The van der Waals surface area contributed by atoms with Crippen molar-refractivity contribution < 1.29 is 4.42 Å². The maximum absolute atomic E-state index is 6.17. The van der Waals surface area contributed by atoms with E-state index in [1.165, 1.54) is 55.2 Å². The van der Waals surface area contributed by atoms with Gasteiger partial charge in [-0.05, 0) is 99.1 Å². The third-order valence-corrected chi connectivity index (χ3v) is 10.0. The van der Waals surface area contributed by atoms with Crippen molar-refractivity contribution in [1.29, 1.82) is 0 Å². The summed E-state index contributed by atoms with van der Waals surface area (Å²) in [6, 6.07) is 67.5. The fourth-order valence-corrected chi connectivity index (χ4v) is 7.51. The molecule has 10 rings (SSSR count). The summed E-state index contributed by atoms with van der Waals surface area (Å²) >= 11 is 0. The average Bonchev–Trinajstić information content (AvgIpc) is 3.73. The van der Waals surface area contributed by atoms with Crippen LogP contribution in [-0.4, -0.2) is 4.57 Å². The molecule has 0 unspecified atom stereocenters. The van der Waals surface area contributed by atoms with Gasteiger partial charge in [-0.25, -0.2) is 0 Å². The second kappa shape index (κ2) is 11.5. The van der Waals surface area contributed by atoms with Crippen LogP contribution in [0.2, 0.25) is 0 Å². The molecule has 2 heteroatoms. The summed E-state index contributed by atoms with van der Waals surface area (Å²) in [5.74, 6) is 0. The normalized spacial score (nSPS) is 11.6. The van der Waals surface area contributed by atoms with E-state index in [0.717, 1.165) is 38.8 Å². The molecule has 0 radical (unpaired) electrons. The smallest absolute Gasteiger partial charge is 0.136 e. The van der Waals surface area contributed by atoms with E-state index in [-0.39, 0.29) is 0 Å². The maximum atomic E-state index is 6.17. The van der Waals surface area contributed by atoms with Crippen LogP contribution >= 0.6 is 0 Å². The summed E-state index contributed by atoms with van der Waals surface area (Å²) in [4.78, 5) is 0. The topological polar surface area (TPSA) is 18.1 Å². The van der Waals surface area contributed by atoms with Crippen LogP contribution in [0.25, 0.3) is 93.9 Å². The zero-order valence-electron chi connectivity index (χ0n) is 27.3. The Hall–Kier alpha value is -6.64. The molecule has 0 aliphatic rings. The molecule has 0 aliphatic carbocycles. The highest BCUT2D eigenvalue weighted by molar-refractivity contribution is 6.12. The molecule has 8 aromatic carbocycles. The summed E-state index contributed by atoms with van der Waals surface area (Å²) < 4.78 is 8.58. The predicted octanol–water partition coefficient (Wildman–Crippen LogP) is 13.4. The lowest BCUT2D eigenvalue weighted by molar-refractivity contribution is 0.669. The molecule has 0 aliphatic heterocycles. The second-order valence-corrected chi connectivity index (χ2v) is 13.0. The van der Waals surface area contributed by atoms with Gasteiger partial charge in [0, 0.05) is 27.2 Å². The number of benzene rings is 8. The van der Waals surface area contributed by atoms with Crippen molar-refractivity contribution in [3.63, 3.8) is 0 Å². The summed E-state index contributed by atoms with van der Waals surface area (Å²) in [5.41, 5.74) is 14.9. The number of para-hydroxylation sites is 1. The van der Waals surface area contributed by atoms with E-state index in [1.807, 2.05) is 12.1 Å². The van der Waals surface area contributed by atoms with Gasteiger partial charge < -0.3 is 8.98 Å². The van der Waals surface area contributed by atoms with Gasteiger partial charge in [0.2, 0.25) is 0 Å². The molecule has 50 heavy (non-hydrogen) atoms. The number of furan rings is 1. The van der Waals surface area contributed by atoms with Crippen LogP contribution < -0.4 is 0 Å². The molecule has 234 valence electrons. The van der Waals surface area contributed by atoms with Gasteiger partial charge in [0.15, 0.2) is 0 Å². The summed E-state index contributed by atoms with van der Waals surface area (Å²) in [6.45, 7) is 0. The first kappa shape index (κ1) is 28.4. The molecule has 2 heterocycles. The zero-order chi connectivity index (χ0) is 33.0. The Morgan fingerprint density at radius 3 is 1.38 bits per heavy atom. The molecule has 0 N–H and O–H groups in total. The highest BCUT2D eigenvalue weighted by atomic mass is 16.3. The number of nitrogens with zero attached hydrogens (tertiary/aromatic N) is 1. The number of hydrogen-bond donors (Lipinski definition) is 0. The monoisotopic (exact) mass is 637 g/mol. The minimum atomic E-state index is 0.915. The quantitative estimate of drug-likeness (QED) is 0.184. The second-order valence-electron chi connectivity index (χ2n) is 13.0. The van der Waals surface area contributed by atoms with Crippen LogP contribution in [0, 0.1) is 0 Å². The predicted molar refractivity (Wildman–Crippen MR) is 210 cm³/mol. The molecule has 2 aromatic heterocycles. The first-order chi connectivity index (χ1) is 24.8. The van der Waals surface area contributed by atoms with Gasteiger partial charge in [-0.2, -0.15) is 0 Å². The van der Waals surface area contributed by atoms with Gasteiger partial charge in [0.05, 0.1) is 11.0 Å². The SMILES string of the molecule is c1ccc(-c2ccc3c(c2)c2cc(-c4ccccc4)ccc2n3-c2cccc(-c3ccc(-c4ccc5c(c4)oc4ccccc45)cc3)c2)cc1. The third-order valence-electron chi connectivity index (χ3n) is 10.0. The molecule has 0 spiro atoms. The van der Waals surface area contributed by atoms with E-state index in [0.29, 0.717) is 0 Å². The van der Waals surface area contributed by atoms with Crippen molar-refractivity contribution in [2.75, 3.05) is 0 Å². The lowest BCUT2D eigenvalue weighted by Crippen LogP contribution is -1.94. The van der Waals surface area contributed by atoms with Gasteiger partial charge in [0.25, 0.3) is 0 Å². The van der Waals surface area contributed by atoms with Crippen molar-refractivity contribution >= 4 is 43.7 Å². The fourth-order valence-electron chi connectivity index (χ4n) is 7.51. The minimum Gasteiger partial charge on any atom is -0.456 e. The standard InChI is InChI=1S/C48H31NO/c1-3-10-32(11-4-1)37-23-26-45-43(29-37)44-30-38(33-12-5-2-6-13-33)24-27-46(44)49(45)40-15-9-14-36(28-40)34-18-20-35(21-19-34)39-22-25-42-41-16-7-8-17-47(41)50-48(42)31-39/h1-31H. The van der Waals surface area contributed by atoms with Gasteiger partial charge >= 0.3 is 0 Å². The van der Waals surface area contributed by atoms with Crippen molar-refractivity contribution in [2.24, 2.45) is 0 Å². The highest BCUT2D eigenvalue weighted by Gasteiger charge is 2.16. The first-order valence-corrected chi connectivity index (χ1v) is 17.1. The largest absolute Gasteiger partial charge is 0.456 e. The average molecular weight is 638 g/mol. The Morgan fingerprint density at radius 2 is 0.740 bits per heavy atom. The van der Waals surface area contributed by atoms with Crippen LogP contribution in [0.15, 0.2) is 192 Å². The number of rotatable bonds is 5. The van der Waals surface area contributed by atoms with Crippen molar-refractivity contribution in [1.82, 2.24) is 4.57 Å². The molecule has 2 nitrogen and oxygen atoms in total. The van der Waals surface area contributed by atoms with Gasteiger partial charge in [0.1, 0.15) is 11.2 Å². The zero-order valence-corrected chi connectivity index (χ0v) is 27.3. The Bertz CT molecular complexity index is 2740. The van der Waals surface area contributed by atoms with Crippen LogP contribution in [0.4, 0.5) is 0 Å². The molecule has 0 atom stereocenters. The Labute approximate surface area is 290 Å². The fraction of sp³-hybridized carbons (Fsp3) is 0. The molecule has 0 fully saturated rings. The van der Waals surface area contributed by atoms with E-state index in [1.54, 1.807) is 0 Å². The summed E-state index contributed by atoms with van der Waals surface area (Å²) in [6.07, 6.45) is 0. The summed E-state index contributed by atoms with van der Waals surface area (Å²) in [5, 5.41) is 4.79. The summed E-state index contributed by atoms with van der Waals surface area (Å²) in [7, 11) is 0. The van der Waals surface area contributed by atoms with E-state index in [9.17, 15) is 0 Å². The molecular formula is C48H31NO. The molecular weight excluding hydrogens is 607 g/mol. The third kappa shape index (κ3) is 4.73. The number of aromatic nitrogens is 1. The number of fused-ring (bicyclic) bond motifs is 6. The molecule has 0 saturated heterocycles. The minimum absolute atomic E-state index is 0.915. The van der Waals surface area contributed by atoms with E-state index < -0.39 is 0 Å². The maximum Gasteiger partial charge on any atom is 0.136 e. The van der Waals surface area contributed by atoms with Crippen LogP contribution in [0.3, 0.4) is 0 Å². The van der Waals surface area contributed by atoms with Gasteiger partial charge in [-0.15, -0.1) is 0 Å². The lowest BCUT2D eigenvalue weighted by atomic mass is 9.99. The van der Waals surface area contributed by atoms with Crippen molar-refractivity contribution in [3.8, 4) is 50.2 Å². The van der Waals surface area contributed by atoms with Crippen LogP contribution in [0.5, 0.6) is 0 Å². The van der Waals surface area contributed by atoms with Gasteiger partial charge in [-0.1, -0.05) is 133 Å².